The smallest absolute Gasteiger partial charge is 0.0728 e. The van der Waals surface area contributed by atoms with E-state index in [2.05, 4.69) is 74.4 Å². The predicted molar refractivity (Wildman–Crippen MR) is 166 cm³/mol. The van der Waals surface area contributed by atoms with Crippen molar-refractivity contribution in [1.82, 2.24) is 10.3 Å². The molecular formula is C36H45N3. The Labute approximate surface area is 235 Å². The monoisotopic (exact) mass is 519 g/mol. The maximum absolute atomic E-state index is 5.07. The lowest BCUT2D eigenvalue weighted by atomic mass is 9.74. The number of nitrogens with one attached hydrogen (secondary N) is 2. The number of hydrogen-bond acceptors (Lipinski definition) is 3. The van der Waals surface area contributed by atoms with Gasteiger partial charge in [0, 0.05) is 41.1 Å². The highest BCUT2D eigenvalue weighted by atomic mass is 14.9. The quantitative estimate of drug-likeness (QED) is 0.328. The summed E-state index contributed by atoms with van der Waals surface area (Å²) < 4.78 is 0. The molecule has 0 spiro atoms. The molecule has 0 aliphatic heterocycles. The Bertz CT molecular complexity index is 1420. The van der Waals surface area contributed by atoms with E-state index in [1.165, 1.54) is 100.0 Å². The van der Waals surface area contributed by atoms with Gasteiger partial charge in [0.2, 0.25) is 0 Å². The highest BCUT2D eigenvalue weighted by Crippen LogP contribution is 2.38. The summed E-state index contributed by atoms with van der Waals surface area (Å²) in [4.78, 5) is 5.07. The second-order valence-electron chi connectivity index (χ2n) is 12.6. The molecule has 1 aromatic heterocycles. The number of pyridine rings is 1. The minimum Gasteiger partial charge on any atom is -0.384 e. The number of benzene rings is 2. The summed E-state index contributed by atoms with van der Waals surface area (Å²) in [5.74, 6) is 1.48. The van der Waals surface area contributed by atoms with Crippen molar-refractivity contribution in [2.24, 2.45) is 11.8 Å². The Morgan fingerprint density at radius 2 is 1.56 bits per heavy atom. The van der Waals surface area contributed by atoms with Gasteiger partial charge in [-0.3, -0.25) is 4.98 Å². The number of anilines is 1. The van der Waals surface area contributed by atoms with Crippen molar-refractivity contribution in [2.45, 2.75) is 85.0 Å². The molecule has 0 bridgehead atoms. The van der Waals surface area contributed by atoms with Crippen molar-refractivity contribution in [1.29, 1.82) is 0 Å². The van der Waals surface area contributed by atoms with Crippen molar-refractivity contribution in [3.8, 4) is 0 Å². The normalized spacial score (nSPS) is 22.3. The molecule has 2 fully saturated rings. The van der Waals surface area contributed by atoms with Gasteiger partial charge in [0.05, 0.1) is 5.52 Å². The van der Waals surface area contributed by atoms with Crippen LogP contribution in [0.1, 0.15) is 84.9 Å². The lowest BCUT2D eigenvalue weighted by molar-refractivity contribution is 0.206. The van der Waals surface area contributed by atoms with Crippen molar-refractivity contribution < 1.29 is 0 Å². The van der Waals surface area contributed by atoms with Gasteiger partial charge in [-0.2, -0.15) is 0 Å². The molecule has 3 heteroatoms. The van der Waals surface area contributed by atoms with Crippen LogP contribution in [0.25, 0.3) is 16.6 Å². The molecule has 2 N–H and O–H groups in total. The zero-order valence-corrected chi connectivity index (χ0v) is 24.3. The standard InChI is InChI=1S/C36H45N3/c1-23-13-15-30(26(4)17-23)35(29-10-6-5-9-25(29)3)37-21-27-19-28(20-27)22-38-36-31-11-7-8-12-33(31)39-34-18-24(2)14-16-32(34)36/h13-18,27-28,37H,3,5-12,19-22H2,1-2,4H3,(H,38,39)/b35-29+. The molecule has 1 heterocycles. The Morgan fingerprint density at radius 1 is 0.846 bits per heavy atom. The van der Waals surface area contributed by atoms with Gasteiger partial charge in [-0.25, -0.2) is 0 Å². The van der Waals surface area contributed by atoms with Crippen LogP contribution >= 0.6 is 0 Å². The van der Waals surface area contributed by atoms with E-state index >= 15 is 0 Å². The largest absolute Gasteiger partial charge is 0.384 e. The van der Waals surface area contributed by atoms with Crippen LogP contribution in [0.3, 0.4) is 0 Å². The van der Waals surface area contributed by atoms with Crippen molar-refractivity contribution in [3.63, 3.8) is 0 Å². The third-order valence-corrected chi connectivity index (χ3v) is 9.42. The minimum atomic E-state index is 0.737. The van der Waals surface area contributed by atoms with Gasteiger partial charge in [-0.05, 0) is 131 Å². The molecule has 0 radical (unpaired) electrons. The molecular weight excluding hydrogens is 474 g/mol. The van der Waals surface area contributed by atoms with E-state index in [9.17, 15) is 0 Å². The molecule has 0 atom stereocenters. The number of aryl methyl sites for hydroxylation is 4. The zero-order valence-electron chi connectivity index (χ0n) is 24.3. The molecule has 3 aromatic rings. The fraction of sp³-hybridized carbons (Fsp3) is 0.472. The lowest BCUT2D eigenvalue weighted by Gasteiger charge is -2.37. The maximum Gasteiger partial charge on any atom is 0.0728 e. The van der Waals surface area contributed by atoms with E-state index in [4.69, 9.17) is 4.98 Å². The van der Waals surface area contributed by atoms with Crippen LogP contribution < -0.4 is 10.6 Å². The highest BCUT2D eigenvalue weighted by molar-refractivity contribution is 5.94. The molecule has 0 saturated heterocycles. The third-order valence-electron chi connectivity index (χ3n) is 9.42. The zero-order chi connectivity index (χ0) is 26.9. The Balaban J connectivity index is 1.12. The van der Waals surface area contributed by atoms with Crippen molar-refractivity contribution >= 4 is 22.3 Å². The topological polar surface area (TPSA) is 37.0 Å². The third kappa shape index (κ3) is 5.51. The molecule has 3 aliphatic carbocycles. The summed E-state index contributed by atoms with van der Waals surface area (Å²) in [5, 5.41) is 9.19. The van der Waals surface area contributed by atoms with E-state index in [0.717, 1.165) is 56.1 Å². The number of nitrogens with zero attached hydrogens (tertiary/aromatic N) is 1. The summed E-state index contributed by atoms with van der Waals surface area (Å²) in [5.41, 5.74) is 14.8. The summed E-state index contributed by atoms with van der Waals surface area (Å²) in [7, 11) is 0. The van der Waals surface area contributed by atoms with Crippen LogP contribution in [-0.4, -0.2) is 18.1 Å². The second-order valence-corrected chi connectivity index (χ2v) is 12.6. The average molecular weight is 520 g/mol. The highest BCUT2D eigenvalue weighted by Gasteiger charge is 2.30. The number of allylic oxidation sites excluding steroid dienone is 2. The van der Waals surface area contributed by atoms with E-state index in [-0.39, 0.29) is 0 Å². The molecule has 6 rings (SSSR count). The van der Waals surface area contributed by atoms with Gasteiger partial charge in [-0.1, -0.05) is 42.5 Å². The first-order valence-corrected chi connectivity index (χ1v) is 15.3. The number of hydrogen-bond donors (Lipinski definition) is 2. The number of rotatable bonds is 7. The van der Waals surface area contributed by atoms with Crippen LogP contribution in [0, 0.1) is 32.6 Å². The summed E-state index contributed by atoms with van der Waals surface area (Å²) in [6.45, 7) is 13.2. The molecule has 3 aliphatic rings. The first-order valence-electron chi connectivity index (χ1n) is 15.3. The fourth-order valence-electron chi connectivity index (χ4n) is 7.17. The summed E-state index contributed by atoms with van der Waals surface area (Å²) in [6.07, 6.45) is 12.2. The molecule has 39 heavy (non-hydrogen) atoms. The molecule has 204 valence electrons. The molecule has 0 amide bonds. The SMILES string of the molecule is C=C1CCCC/C1=C(\NCC1CC(CNc2c3c(nc4cc(C)ccc24)CCCC3)C1)c1ccc(C)cc1C. The predicted octanol–water partition coefficient (Wildman–Crippen LogP) is 8.61. The number of aromatic nitrogens is 1. The Kier molecular flexibility index (Phi) is 7.51. The second kappa shape index (κ2) is 11.2. The Hall–Kier alpha value is -3.07. The van der Waals surface area contributed by atoms with Crippen LogP contribution in [-0.2, 0) is 12.8 Å². The Morgan fingerprint density at radius 3 is 2.38 bits per heavy atom. The summed E-state index contributed by atoms with van der Waals surface area (Å²) >= 11 is 0. The maximum atomic E-state index is 5.07. The molecule has 2 saturated carbocycles. The van der Waals surface area contributed by atoms with Crippen LogP contribution in [0.2, 0.25) is 0 Å². The first kappa shape index (κ1) is 26.2. The van der Waals surface area contributed by atoms with Gasteiger partial charge in [0.15, 0.2) is 0 Å². The van der Waals surface area contributed by atoms with E-state index in [1.54, 1.807) is 0 Å². The summed E-state index contributed by atoms with van der Waals surface area (Å²) in [6, 6.07) is 13.7. The van der Waals surface area contributed by atoms with Gasteiger partial charge < -0.3 is 10.6 Å². The molecule has 3 nitrogen and oxygen atoms in total. The minimum absolute atomic E-state index is 0.737. The van der Waals surface area contributed by atoms with E-state index < -0.39 is 0 Å². The fourth-order valence-corrected chi connectivity index (χ4v) is 7.17. The molecule has 2 aromatic carbocycles. The van der Waals surface area contributed by atoms with Gasteiger partial charge >= 0.3 is 0 Å². The van der Waals surface area contributed by atoms with Gasteiger partial charge in [0.25, 0.3) is 0 Å². The molecule has 0 unspecified atom stereocenters. The van der Waals surface area contributed by atoms with Crippen LogP contribution in [0.15, 0.2) is 54.1 Å². The van der Waals surface area contributed by atoms with E-state index in [1.807, 2.05) is 0 Å². The van der Waals surface area contributed by atoms with E-state index in [0.29, 0.717) is 0 Å². The van der Waals surface area contributed by atoms with Crippen LogP contribution in [0.5, 0.6) is 0 Å². The van der Waals surface area contributed by atoms with Gasteiger partial charge in [0.1, 0.15) is 0 Å². The average Bonchev–Trinajstić information content (AvgIpc) is 2.90. The van der Waals surface area contributed by atoms with Crippen LogP contribution in [0.4, 0.5) is 5.69 Å². The number of fused-ring (bicyclic) bond motifs is 2. The first-order chi connectivity index (χ1) is 19.0. The van der Waals surface area contributed by atoms with Gasteiger partial charge in [-0.15, -0.1) is 0 Å². The van der Waals surface area contributed by atoms with Crippen molar-refractivity contribution in [2.75, 3.05) is 18.4 Å². The lowest BCUT2D eigenvalue weighted by Crippen LogP contribution is -2.36. The van der Waals surface area contributed by atoms with Crippen molar-refractivity contribution in [3.05, 3.63) is 87.6 Å².